The van der Waals surface area contributed by atoms with Crippen molar-refractivity contribution in [2.75, 3.05) is 92.1 Å². The molecule has 12 heteroatoms. The van der Waals surface area contributed by atoms with Gasteiger partial charge in [0.2, 0.25) is 0 Å². The maximum atomic E-state index is 6.76. The fraction of sp³-hybridized carbons (Fsp3) is 1.00. The summed E-state index contributed by atoms with van der Waals surface area (Å²) in [5.41, 5.74) is 10.5. The number of alkyl halides is 2. The van der Waals surface area contributed by atoms with Crippen LogP contribution in [0.15, 0.2) is 0 Å². The molecule has 0 aromatic heterocycles. The smallest absolute Gasteiger partial charge is 0.172 e. The Bertz CT molecular complexity index is 604. The molecule has 4 unspecified atom stereocenters. The topological polar surface area (TPSA) is 54.4 Å². The summed E-state index contributed by atoms with van der Waals surface area (Å²) in [7, 11) is 2.20. The van der Waals surface area contributed by atoms with Crippen LogP contribution >= 0.6 is 23.2 Å². The van der Waals surface area contributed by atoms with E-state index in [-0.39, 0.29) is 34.1 Å². The molecule has 4 rings (SSSR count). The number of hydrazine groups is 1. The Morgan fingerprint density at radius 1 is 0.756 bits per heavy atom. The molecule has 4 heterocycles. The normalized spacial score (nSPS) is 31.3. The maximum Gasteiger partial charge on any atom is 0.172 e. The van der Waals surface area contributed by atoms with Crippen molar-refractivity contribution in [1.29, 1.82) is 0 Å². The predicted octanol–water partition coefficient (Wildman–Crippen LogP) is 4.91. The Morgan fingerprint density at radius 3 is 2.34 bits per heavy atom. The molecule has 2 radical (unpaired) electrons. The SMILES string of the molecule is C1CCCN2CCC(CC1)CCCNN[N-]2.CCCCN1CCN2CCCN(C)CCN(CC2)C(Cl)(Cl)CC1.[Mn].[Mn]. The molecular formula is C29H59Cl2Mn2N8-. The monoisotopic (exact) mass is 699 g/mol. The molecule has 0 saturated carbocycles. The Hall–Kier alpha value is 1.30. The summed E-state index contributed by atoms with van der Waals surface area (Å²) in [5, 5.41) is 2.20. The van der Waals surface area contributed by atoms with Crippen molar-refractivity contribution in [1.82, 2.24) is 35.6 Å². The summed E-state index contributed by atoms with van der Waals surface area (Å²) in [6.07, 6.45) is 15.5. The number of rotatable bonds is 3. The molecule has 4 atom stereocenters. The number of halogens is 2. The second-order valence-corrected chi connectivity index (χ2v) is 13.6. The van der Waals surface area contributed by atoms with Crippen LogP contribution < -0.4 is 11.0 Å². The molecule has 8 nitrogen and oxygen atoms in total. The van der Waals surface area contributed by atoms with Crippen LogP contribution in [0, 0.1) is 5.92 Å². The Kier molecular flexibility index (Phi) is 23.2. The van der Waals surface area contributed by atoms with Gasteiger partial charge in [-0.05, 0) is 84.2 Å². The Morgan fingerprint density at radius 2 is 1.51 bits per heavy atom. The van der Waals surface area contributed by atoms with Gasteiger partial charge >= 0.3 is 0 Å². The minimum absolute atomic E-state index is 0. The van der Waals surface area contributed by atoms with Crippen LogP contribution in [-0.2, 0) is 34.1 Å². The van der Waals surface area contributed by atoms with Gasteiger partial charge in [-0.25, -0.2) is 0 Å². The molecule has 0 amide bonds. The molecule has 0 aliphatic carbocycles. The summed E-state index contributed by atoms with van der Waals surface area (Å²) >= 11 is 13.5. The van der Waals surface area contributed by atoms with Crippen LogP contribution in [0.1, 0.15) is 84.0 Å². The third kappa shape index (κ3) is 17.0. The third-order valence-electron chi connectivity index (χ3n) is 8.96. The molecule has 4 aliphatic rings. The fourth-order valence-corrected chi connectivity index (χ4v) is 6.66. The predicted molar refractivity (Wildman–Crippen MR) is 167 cm³/mol. The molecule has 0 spiro atoms. The number of fused-ring (bicyclic) bond motifs is 6. The summed E-state index contributed by atoms with van der Waals surface area (Å²) in [5.74, 6) is 0.927. The van der Waals surface area contributed by atoms with Crippen molar-refractivity contribution in [3.05, 3.63) is 5.53 Å². The molecule has 4 aliphatic heterocycles. The second-order valence-electron chi connectivity index (χ2n) is 12.2. The molecule has 2 N–H and O–H groups in total. The van der Waals surface area contributed by atoms with Crippen LogP contribution in [0.4, 0.5) is 0 Å². The molecule has 0 aromatic carbocycles. The van der Waals surface area contributed by atoms with E-state index in [9.17, 15) is 0 Å². The summed E-state index contributed by atoms with van der Waals surface area (Å²) < 4.78 is -0.743. The summed E-state index contributed by atoms with van der Waals surface area (Å²) in [6.45, 7) is 16.4. The van der Waals surface area contributed by atoms with E-state index in [1.54, 1.807) is 0 Å². The van der Waals surface area contributed by atoms with Gasteiger partial charge in [-0.3, -0.25) is 10.3 Å². The van der Waals surface area contributed by atoms with Gasteiger partial charge in [0.1, 0.15) is 0 Å². The summed E-state index contributed by atoms with van der Waals surface area (Å²) in [4.78, 5) is 9.84. The van der Waals surface area contributed by atoms with Gasteiger partial charge in [-0.1, -0.05) is 62.2 Å². The minimum Gasteiger partial charge on any atom is -0.515 e. The van der Waals surface area contributed by atoms with Crippen molar-refractivity contribution in [2.24, 2.45) is 5.92 Å². The largest absolute Gasteiger partial charge is 0.515 e. The van der Waals surface area contributed by atoms with Crippen molar-refractivity contribution in [3.63, 3.8) is 0 Å². The quantitative estimate of drug-likeness (QED) is 0.247. The van der Waals surface area contributed by atoms with Crippen molar-refractivity contribution in [2.45, 2.75) is 88.4 Å². The van der Waals surface area contributed by atoms with Crippen LogP contribution in [-0.4, -0.2) is 121 Å². The maximum absolute atomic E-state index is 6.76. The van der Waals surface area contributed by atoms with E-state index in [0.717, 1.165) is 84.3 Å². The Balaban J connectivity index is 0.000000413. The van der Waals surface area contributed by atoms with E-state index in [4.69, 9.17) is 23.2 Å². The number of unbranched alkanes of at least 4 members (excludes halogenated alkanes) is 1. The van der Waals surface area contributed by atoms with E-state index in [2.05, 4.69) is 55.1 Å². The van der Waals surface area contributed by atoms with Crippen molar-refractivity contribution < 1.29 is 34.1 Å². The number of likely N-dealkylation sites (N-methyl/N-ethyl adjacent to an activating group) is 1. The van der Waals surface area contributed by atoms with E-state index >= 15 is 0 Å². The van der Waals surface area contributed by atoms with Gasteiger partial charge in [0, 0.05) is 92.9 Å². The number of hydrogen-bond acceptors (Lipinski definition) is 7. The second kappa shape index (κ2) is 23.6. The van der Waals surface area contributed by atoms with E-state index in [1.807, 2.05) is 0 Å². The van der Waals surface area contributed by atoms with E-state index in [0.29, 0.717) is 0 Å². The molecular weight excluding hydrogens is 641 g/mol. The molecule has 41 heavy (non-hydrogen) atoms. The van der Waals surface area contributed by atoms with Crippen LogP contribution in [0.3, 0.4) is 0 Å². The first kappa shape index (κ1) is 40.3. The average Bonchev–Trinajstić information content (AvgIpc) is 2.93. The van der Waals surface area contributed by atoms with Crippen LogP contribution in [0.5, 0.6) is 0 Å². The van der Waals surface area contributed by atoms with Gasteiger partial charge in [0.15, 0.2) is 4.46 Å². The molecule has 244 valence electrons. The third-order valence-corrected chi connectivity index (χ3v) is 9.82. The van der Waals surface area contributed by atoms with Gasteiger partial charge in [-0.15, -0.1) is 0 Å². The zero-order valence-electron chi connectivity index (χ0n) is 26.0. The molecule has 0 aromatic rings. The molecule has 4 saturated heterocycles. The number of nitrogens with zero attached hydrogens (tertiary/aromatic N) is 6. The van der Waals surface area contributed by atoms with Crippen molar-refractivity contribution in [3.8, 4) is 0 Å². The Labute approximate surface area is 283 Å². The number of hydrogen-bond donors (Lipinski definition) is 2. The first-order valence-electron chi connectivity index (χ1n) is 16.2. The summed E-state index contributed by atoms with van der Waals surface area (Å²) in [6, 6.07) is 0. The first-order chi connectivity index (χ1) is 19.0. The standard InChI is InChI=1S/C17H34Cl2N4.C12H25N4.2Mn/c1-3-4-8-21-10-6-17(18,19)23-15-11-20(2)7-5-9-22(13-12-21)14-16-23;1-2-4-10-16-11-8-12(6-3-1)7-5-9-13-14-15-16;;/h3-16H2,1-2H3;12-14H,1-11H2;;/q;-1;;. The first-order valence-corrected chi connectivity index (χ1v) is 16.9. The van der Waals surface area contributed by atoms with Gasteiger partial charge in [0.05, 0.1) is 0 Å². The molecule has 4 fully saturated rings. The zero-order chi connectivity index (χ0) is 27.8. The fourth-order valence-electron chi connectivity index (χ4n) is 6.15. The van der Waals surface area contributed by atoms with Crippen LogP contribution in [0.2, 0.25) is 0 Å². The van der Waals surface area contributed by atoms with E-state index < -0.39 is 4.46 Å². The van der Waals surface area contributed by atoms with Crippen LogP contribution in [0.25, 0.3) is 5.53 Å². The number of nitrogens with one attached hydrogen (secondary N) is 2. The molecule has 4 bridgehead atoms. The zero-order valence-corrected chi connectivity index (χ0v) is 29.8. The van der Waals surface area contributed by atoms with Gasteiger partial charge < -0.3 is 30.8 Å². The average molecular weight is 701 g/mol. The van der Waals surface area contributed by atoms with E-state index in [1.165, 1.54) is 83.7 Å². The van der Waals surface area contributed by atoms with Gasteiger partial charge in [-0.2, -0.15) is 0 Å². The van der Waals surface area contributed by atoms with Crippen molar-refractivity contribution >= 4 is 23.2 Å². The van der Waals surface area contributed by atoms with Gasteiger partial charge in [0.25, 0.3) is 0 Å². The minimum atomic E-state index is -0.743.